The number of nitrogens with zero attached hydrogens (tertiary/aromatic N) is 1. The lowest BCUT2D eigenvalue weighted by atomic mass is 9.80. The Balaban J connectivity index is 1.88. The van der Waals surface area contributed by atoms with E-state index < -0.39 is 0 Å². The van der Waals surface area contributed by atoms with Crippen molar-refractivity contribution in [3.8, 4) is 0 Å². The Hall–Kier alpha value is -1.35. The van der Waals surface area contributed by atoms with Crippen LogP contribution in [0, 0.1) is 0 Å². The zero-order chi connectivity index (χ0) is 13.7. The van der Waals surface area contributed by atoms with Crippen LogP contribution >= 0.6 is 0 Å². The second kappa shape index (κ2) is 6.20. The number of hydrogen-bond donors (Lipinski definition) is 1. The Morgan fingerprint density at radius 3 is 2.47 bits per heavy atom. The minimum absolute atomic E-state index is 0.160. The van der Waals surface area contributed by atoms with Crippen LogP contribution in [-0.2, 0) is 11.3 Å². The first-order valence-electron chi connectivity index (χ1n) is 7.16. The summed E-state index contributed by atoms with van der Waals surface area (Å²) in [6.07, 6.45) is 6.03. The molecule has 1 saturated carbocycles. The van der Waals surface area contributed by atoms with Gasteiger partial charge in [0, 0.05) is 25.6 Å². The minimum atomic E-state index is -0.264. The summed E-state index contributed by atoms with van der Waals surface area (Å²) in [5.74, 6) is 0.160. The molecule has 0 heterocycles. The fourth-order valence-electron chi connectivity index (χ4n) is 2.81. The number of nitrogens with two attached hydrogens (primary N) is 1. The molecule has 1 fully saturated rings. The van der Waals surface area contributed by atoms with Crippen LogP contribution in [0.5, 0.6) is 0 Å². The van der Waals surface area contributed by atoms with Gasteiger partial charge in [-0.2, -0.15) is 0 Å². The first-order chi connectivity index (χ1) is 9.09. The van der Waals surface area contributed by atoms with Crippen LogP contribution in [-0.4, -0.2) is 23.4 Å². The van der Waals surface area contributed by atoms with Crippen LogP contribution in [0.15, 0.2) is 30.3 Å². The number of carbonyl (C=O) groups is 1. The summed E-state index contributed by atoms with van der Waals surface area (Å²) in [6.45, 7) is 0.662. The van der Waals surface area contributed by atoms with Gasteiger partial charge in [-0.05, 0) is 18.4 Å². The van der Waals surface area contributed by atoms with Crippen LogP contribution in [0.1, 0.15) is 44.1 Å². The topological polar surface area (TPSA) is 46.3 Å². The van der Waals surface area contributed by atoms with Gasteiger partial charge in [0.15, 0.2) is 0 Å². The maximum Gasteiger partial charge on any atom is 0.224 e. The summed E-state index contributed by atoms with van der Waals surface area (Å²) in [7, 11) is 1.86. The highest BCUT2D eigenvalue weighted by Gasteiger charge is 2.30. The lowest BCUT2D eigenvalue weighted by Gasteiger charge is -2.34. The molecule has 0 radical (unpaired) electrons. The summed E-state index contributed by atoms with van der Waals surface area (Å²) in [5, 5.41) is 0. The van der Waals surface area contributed by atoms with E-state index >= 15 is 0 Å². The fraction of sp³-hybridized carbons (Fsp3) is 0.562. The molecule has 19 heavy (non-hydrogen) atoms. The smallest absolute Gasteiger partial charge is 0.224 e. The van der Waals surface area contributed by atoms with Crippen molar-refractivity contribution in [3.63, 3.8) is 0 Å². The Morgan fingerprint density at radius 2 is 1.84 bits per heavy atom. The average molecular weight is 260 g/mol. The number of benzene rings is 1. The first kappa shape index (κ1) is 14.1. The Bertz CT molecular complexity index is 410. The van der Waals surface area contributed by atoms with Gasteiger partial charge in [0.25, 0.3) is 0 Å². The second-order valence-electron chi connectivity index (χ2n) is 5.84. The molecule has 0 aromatic heterocycles. The SMILES string of the molecule is CN(Cc1ccccc1)C(=O)CC1(N)CCCCC1. The first-order valence-corrected chi connectivity index (χ1v) is 7.16. The molecule has 3 nitrogen and oxygen atoms in total. The van der Waals surface area contributed by atoms with Crippen molar-refractivity contribution in [2.24, 2.45) is 5.73 Å². The van der Waals surface area contributed by atoms with Gasteiger partial charge in [0.05, 0.1) is 0 Å². The van der Waals surface area contributed by atoms with Crippen LogP contribution in [0.2, 0.25) is 0 Å². The third kappa shape index (κ3) is 4.06. The molecule has 104 valence electrons. The second-order valence-corrected chi connectivity index (χ2v) is 5.84. The Kier molecular flexibility index (Phi) is 4.59. The molecule has 0 saturated heterocycles. The monoisotopic (exact) mass is 260 g/mol. The zero-order valence-electron chi connectivity index (χ0n) is 11.8. The van der Waals surface area contributed by atoms with Gasteiger partial charge in [-0.25, -0.2) is 0 Å². The van der Waals surface area contributed by atoms with Crippen molar-refractivity contribution in [1.82, 2.24) is 4.90 Å². The molecule has 2 rings (SSSR count). The van der Waals surface area contributed by atoms with E-state index in [4.69, 9.17) is 5.73 Å². The van der Waals surface area contributed by atoms with Crippen molar-refractivity contribution in [2.45, 2.75) is 50.6 Å². The lowest BCUT2D eigenvalue weighted by Crippen LogP contribution is -2.46. The third-order valence-corrected chi connectivity index (χ3v) is 4.04. The summed E-state index contributed by atoms with van der Waals surface area (Å²) < 4.78 is 0. The molecule has 0 atom stereocenters. The van der Waals surface area contributed by atoms with Crippen molar-refractivity contribution < 1.29 is 4.79 Å². The molecule has 0 bridgehead atoms. The van der Waals surface area contributed by atoms with E-state index in [1.54, 1.807) is 4.90 Å². The molecule has 1 aliphatic rings. The predicted molar refractivity (Wildman–Crippen MR) is 77.5 cm³/mol. The van der Waals surface area contributed by atoms with E-state index in [0.29, 0.717) is 13.0 Å². The molecule has 3 heteroatoms. The van der Waals surface area contributed by atoms with Gasteiger partial charge in [0.1, 0.15) is 0 Å². The van der Waals surface area contributed by atoms with Crippen LogP contribution < -0.4 is 5.73 Å². The van der Waals surface area contributed by atoms with Crippen molar-refractivity contribution in [3.05, 3.63) is 35.9 Å². The molecule has 0 aliphatic heterocycles. The Labute approximate surface area is 115 Å². The van der Waals surface area contributed by atoms with Gasteiger partial charge < -0.3 is 10.6 Å². The molecule has 1 aliphatic carbocycles. The quantitative estimate of drug-likeness (QED) is 0.904. The van der Waals surface area contributed by atoms with E-state index in [-0.39, 0.29) is 11.4 Å². The number of hydrogen-bond acceptors (Lipinski definition) is 2. The maximum absolute atomic E-state index is 12.3. The average Bonchev–Trinajstić information content (AvgIpc) is 2.40. The third-order valence-electron chi connectivity index (χ3n) is 4.04. The van der Waals surface area contributed by atoms with Gasteiger partial charge in [-0.1, -0.05) is 49.6 Å². The largest absolute Gasteiger partial charge is 0.341 e. The van der Waals surface area contributed by atoms with E-state index in [2.05, 4.69) is 0 Å². The Morgan fingerprint density at radius 1 is 1.21 bits per heavy atom. The van der Waals surface area contributed by atoms with E-state index in [1.165, 1.54) is 6.42 Å². The van der Waals surface area contributed by atoms with E-state index in [1.807, 2.05) is 37.4 Å². The normalized spacial score (nSPS) is 18.0. The standard InChI is InChI=1S/C16H24N2O/c1-18(13-14-8-4-2-5-9-14)15(19)12-16(17)10-6-3-7-11-16/h2,4-5,8-9H,3,6-7,10-13,17H2,1H3. The van der Waals surface area contributed by atoms with Gasteiger partial charge >= 0.3 is 0 Å². The van der Waals surface area contributed by atoms with Crippen molar-refractivity contribution in [1.29, 1.82) is 0 Å². The molecule has 1 amide bonds. The maximum atomic E-state index is 12.3. The van der Waals surface area contributed by atoms with E-state index in [9.17, 15) is 4.79 Å². The van der Waals surface area contributed by atoms with Crippen LogP contribution in [0.4, 0.5) is 0 Å². The van der Waals surface area contributed by atoms with Crippen LogP contribution in [0.25, 0.3) is 0 Å². The highest BCUT2D eigenvalue weighted by molar-refractivity contribution is 5.77. The molecule has 0 unspecified atom stereocenters. The van der Waals surface area contributed by atoms with Gasteiger partial charge in [0.2, 0.25) is 5.91 Å². The zero-order valence-corrected chi connectivity index (χ0v) is 11.8. The minimum Gasteiger partial charge on any atom is -0.341 e. The fourth-order valence-corrected chi connectivity index (χ4v) is 2.81. The highest BCUT2D eigenvalue weighted by atomic mass is 16.2. The molecular formula is C16H24N2O. The van der Waals surface area contributed by atoms with Crippen molar-refractivity contribution in [2.75, 3.05) is 7.05 Å². The summed E-state index contributed by atoms with van der Waals surface area (Å²) in [5.41, 5.74) is 7.24. The molecular weight excluding hydrogens is 236 g/mol. The summed E-state index contributed by atoms with van der Waals surface area (Å²) in [4.78, 5) is 14.1. The number of carbonyl (C=O) groups excluding carboxylic acids is 1. The summed E-state index contributed by atoms with van der Waals surface area (Å²) >= 11 is 0. The lowest BCUT2D eigenvalue weighted by molar-refractivity contribution is -0.132. The van der Waals surface area contributed by atoms with Gasteiger partial charge in [-0.15, -0.1) is 0 Å². The molecule has 1 aromatic carbocycles. The van der Waals surface area contributed by atoms with E-state index in [0.717, 1.165) is 31.2 Å². The summed E-state index contributed by atoms with van der Waals surface area (Å²) in [6, 6.07) is 10.1. The number of rotatable bonds is 4. The number of amides is 1. The predicted octanol–water partition coefficient (Wildman–Crippen LogP) is 2.70. The highest BCUT2D eigenvalue weighted by Crippen LogP contribution is 2.29. The molecule has 0 spiro atoms. The van der Waals surface area contributed by atoms with Crippen LogP contribution in [0.3, 0.4) is 0 Å². The molecule has 2 N–H and O–H groups in total. The van der Waals surface area contributed by atoms with Crippen molar-refractivity contribution >= 4 is 5.91 Å². The molecule has 1 aromatic rings. The van der Waals surface area contributed by atoms with Gasteiger partial charge in [-0.3, -0.25) is 4.79 Å².